The fourth-order valence-electron chi connectivity index (χ4n) is 1.46. The largest absolute Gasteiger partial charge is 0.383 e. The van der Waals surface area contributed by atoms with Crippen molar-refractivity contribution in [3.63, 3.8) is 0 Å². The molecule has 1 fully saturated rings. The summed E-state index contributed by atoms with van der Waals surface area (Å²) >= 11 is 0. The first kappa shape index (κ1) is 10.8. The number of hydrogen-bond acceptors (Lipinski definition) is 4. The van der Waals surface area contributed by atoms with Gasteiger partial charge < -0.3 is 15.5 Å². The van der Waals surface area contributed by atoms with Crippen molar-refractivity contribution < 1.29 is 9.13 Å². The van der Waals surface area contributed by atoms with Crippen LogP contribution in [-0.4, -0.2) is 28.2 Å². The van der Waals surface area contributed by atoms with Crippen LogP contribution in [0.2, 0.25) is 0 Å². The Hall–Kier alpha value is -1.69. The average Bonchev–Trinajstić information content (AvgIpc) is 2.92. The number of rotatable bonds is 0. The molecule has 1 aliphatic rings. The number of halogens is 1. The van der Waals surface area contributed by atoms with Crippen molar-refractivity contribution in [2.75, 3.05) is 18.9 Å². The molecule has 3 rings (SSSR count). The van der Waals surface area contributed by atoms with E-state index < -0.39 is 5.82 Å². The fraction of sp³-hybridized carbons (Fsp3) is 0.400. The summed E-state index contributed by atoms with van der Waals surface area (Å²) < 4.78 is 17.8. The Balaban J connectivity index is 0.000000162. The van der Waals surface area contributed by atoms with Gasteiger partial charge in [0.2, 0.25) is 0 Å². The van der Waals surface area contributed by atoms with Gasteiger partial charge in [0.1, 0.15) is 17.8 Å². The number of anilines is 1. The number of aromatic nitrogens is 3. The van der Waals surface area contributed by atoms with Crippen LogP contribution in [0.5, 0.6) is 0 Å². The van der Waals surface area contributed by atoms with E-state index in [1.165, 1.54) is 25.4 Å². The maximum Gasteiger partial charge on any atom is 0.153 e. The minimum atomic E-state index is -0.418. The first-order chi connectivity index (χ1) is 7.79. The van der Waals surface area contributed by atoms with Crippen molar-refractivity contribution in [2.24, 2.45) is 0 Å². The van der Waals surface area contributed by atoms with E-state index in [-0.39, 0.29) is 11.2 Å². The van der Waals surface area contributed by atoms with Crippen molar-refractivity contribution in [3.8, 4) is 0 Å². The Labute approximate surface area is 91.8 Å². The fourth-order valence-corrected chi connectivity index (χ4v) is 1.46. The molecule has 0 unspecified atom stereocenters. The summed E-state index contributed by atoms with van der Waals surface area (Å²) in [6.45, 7) is 2.00. The third-order valence-corrected chi connectivity index (χ3v) is 2.28. The molecule has 0 amide bonds. The second-order valence-electron chi connectivity index (χ2n) is 3.44. The second-order valence-corrected chi connectivity index (χ2v) is 3.44. The zero-order valence-corrected chi connectivity index (χ0v) is 8.74. The van der Waals surface area contributed by atoms with Crippen molar-refractivity contribution in [2.45, 2.75) is 12.8 Å². The first-order valence-corrected chi connectivity index (χ1v) is 5.10. The van der Waals surface area contributed by atoms with Crippen LogP contribution < -0.4 is 5.73 Å². The highest BCUT2D eigenvalue weighted by Gasteiger charge is 2.06. The van der Waals surface area contributed by atoms with E-state index in [1.807, 2.05) is 0 Å². The second kappa shape index (κ2) is 4.89. The molecular weight excluding hydrogens is 211 g/mol. The third kappa shape index (κ3) is 2.27. The Bertz CT molecular complexity index is 459. The summed E-state index contributed by atoms with van der Waals surface area (Å²) in [7, 11) is 0. The van der Waals surface area contributed by atoms with Gasteiger partial charge in [-0.2, -0.15) is 0 Å². The highest BCUT2D eigenvalue weighted by Crippen LogP contribution is 2.18. The van der Waals surface area contributed by atoms with Gasteiger partial charge in [0.25, 0.3) is 0 Å². The molecule has 2 aromatic heterocycles. The van der Waals surface area contributed by atoms with Crippen molar-refractivity contribution in [3.05, 3.63) is 18.3 Å². The van der Waals surface area contributed by atoms with Crippen LogP contribution in [0.25, 0.3) is 11.0 Å². The predicted octanol–water partition coefficient (Wildman–Crippen LogP) is 1.48. The van der Waals surface area contributed by atoms with Gasteiger partial charge in [-0.05, 0) is 12.8 Å². The smallest absolute Gasteiger partial charge is 0.153 e. The number of ether oxygens (including phenoxy) is 1. The quantitative estimate of drug-likeness (QED) is 0.710. The van der Waals surface area contributed by atoms with Crippen LogP contribution in [0.3, 0.4) is 0 Å². The SMILES string of the molecule is C1CCOC1.Nc1ncnc2[nH]cc(F)c12. The molecule has 0 aliphatic carbocycles. The Kier molecular flexibility index (Phi) is 3.31. The van der Waals surface area contributed by atoms with E-state index in [0.717, 1.165) is 13.2 Å². The number of H-pyrrole nitrogens is 1. The molecule has 1 aliphatic heterocycles. The lowest BCUT2D eigenvalue weighted by atomic mass is 10.4. The molecule has 86 valence electrons. The van der Waals surface area contributed by atoms with E-state index in [9.17, 15) is 4.39 Å². The minimum Gasteiger partial charge on any atom is -0.383 e. The Morgan fingerprint density at radius 3 is 2.62 bits per heavy atom. The third-order valence-electron chi connectivity index (χ3n) is 2.28. The maximum absolute atomic E-state index is 12.8. The predicted molar refractivity (Wildman–Crippen MR) is 58.3 cm³/mol. The zero-order chi connectivity index (χ0) is 11.4. The van der Waals surface area contributed by atoms with Gasteiger partial charge in [0.05, 0.1) is 5.39 Å². The molecule has 1 saturated heterocycles. The number of fused-ring (bicyclic) bond motifs is 1. The molecule has 0 radical (unpaired) electrons. The van der Waals surface area contributed by atoms with Crippen molar-refractivity contribution in [1.82, 2.24) is 15.0 Å². The van der Waals surface area contributed by atoms with Gasteiger partial charge in [-0.1, -0.05) is 0 Å². The monoisotopic (exact) mass is 224 g/mol. The van der Waals surface area contributed by atoms with Crippen molar-refractivity contribution in [1.29, 1.82) is 0 Å². The Morgan fingerprint density at radius 1 is 1.31 bits per heavy atom. The molecular formula is C10H13FN4O. The molecule has 0 aromatic carbocycles. The molecule has 6 heteroatoms. The number of nitrogens with zero attached hydrogens (tertiary/aromatic N) is 2. The van der Waals surface area contributed by atoms with Gasteiger partial charge in [0.15, 0.2) is 5.82 Å². The van der Waals surface area contributed by atoms with Crippen molar-refractivity contribution >= 4 is 16.9 Å². The number of nitrogens with two attached hydrogens (primary N) is 1. The molecule has 0 saturated carbocycles. The highest BCUT2D eigenvalue weighted by atomic mass is 19.1. The van der Waals surface area contributed by atoms with E-state index in [1.54, 1.807) is 0 Å². The van der Waals surface area contributed by atoms with E-state index >= 15 is 0 Å². The van der Waals surface area contributed by atoms with Gasteiger partial charge in [0, 0.05) is 19.4 Å². The lowest BCUT2D eigenvalue weighted by molar-refractivity contribution is 0.198. The summed E-state index contributed by atoms with van der Waals surface area (Å²) in [6, 6.07) is 0. The summed E-state index contributed by atoms with van der Waals surface area (Å²) in [5.41, 5.74) is 5.82. The molecule has 0 spiro atoms. The summed E-state index contributed by atoms with van der Waals surface area (Å²) in [5.74, 6) is -0.258. The standard InChI is InChI=1S/C6H5FN4.C4H8O/c7-3-1-9-6-4(3)5(8)10-2-11-6;1-2-4-5-3-1/h1-2H,(H3,8,9,10,11);1-4H2. The van der Waals surface area contributed by atoms with Crippen LogP contribution in [0.1, 0.15) is 12.8 Å². The van der Waals surface area contributed by atoms with Gasteiger partial charge in [-0.15, -0.1) is 0 Å². The van der Waals surface area contributed by atoms with Crippen LogP contribution in [0, 0.1) is 5.82 Å². The highest BCUT2D eigenvalue weighted by molar-refractivity contribution is 5.85. The average molecular weight is 224 g/mol. The van der Waals surface area contributed by atoms with Gasteiger partial charge in [-0.25, -0.2) is 14.4 Å². The number of nitrogen functional groups attached to an aromatic ring is 1. The Morgan fingerprint density at radius 2 is 2.06 bits per heavy atom. The van der Waals surface area contributed by atoms with E-state index in [4.69, 9.17) is 10.5 Å². The number of nitrogens with one attached hydrogen (secondary N) is 1. The normalized spacial score (nSPS) is 14.8. The molecule has 16 heavy (non-hydrogen) atoms. The van der Waals surface area contributed by atoms with Crippen LogP contribution in [-0.2, 0) is 4.74 Å². The lowest BCUT2D eigenvalue weighted by Crippen LogP contribution is -1.92. The van der Waals surface area contributed by atoms with Gasteiger partial charge >= 0.3 is 0 Å². The molecule has 0 bridgehead atoms. The summed E-state index contributed by atoms with van der Waals surface area (Å²) in [4.78, 5) is 10.0. The lowest BCUT2D eigenvalue weighted by Gasteiger charge is -1.91. The van der Waals surface area contributed by atoms with E-state index in [0.29, 0.717) is 5.65 Å². The topological polar surface area (TPSA) is 76.8 Å². The van der Waals surface area contributed by atoms with Crippen LogP contribution in [0.15, 0.2) is 12.5 Å². The van der Waals surface area contributed by atoms with Crippen LogP contribution in [0.4, 0.5) is 10.2 Å². The summed E-state index contributed by atoms with van der Waals surface area (Å²) in [6.07, 6.45) is 5.04. The molecule has 5 nitrogen and oxygen atoms in total. The maximum atomic E-state index is 12.8. The molecule has 0 atom stereocenters. The molecule has 3 heterocycles. The van der Waals surface area contributed by atoms with Gasteiger partial charge in [-0.3, -0.25) is 0 Å². The zero-order valence-electron chi connectivity index (χ0n) is 8.74. The summed E-state index contributed by atoms with van der Waals surface area (Å²) in [5, 5.41) is 0.257. The van der Waals surface area contributed by atoms with Crippen LogP contribution >= 0.6 is 0 Å². The first-order valence-electron chi connectivity index (χ1n) is 5.10. The number of hydrogen-bond donors (Lipinski definition) is 2. The molecule has 2 aromatic rings. The molecule has 3 N–H and O–H groups in total. The minimum absolute atomic E-state index is 0.161. The van der Waals surface area contributed by atoms with E-state index in [2.05, 4.69) is 15.0 Å². The number of aromatic amines is 1.